The van der Waals surface area contributed by atoms with E-state index in [9.17, 15) is 13.2 Å². The van der Waals surface area contributed by atoms with E-state index in [0.29, 0.717) is 6.61 Å². The first-order chi connectivity index (χ1) is 6.79. The Morgan fingerprint density at radius 2 is 1.60 bits per heavy atom. The molecule has 0 rings (SSSR count). The molecule has 3 nitrogen and oxygen atoms in total. The Bertz CT molecular complexity index is 124. The van der Waals surface area contributed by atoms with Crippen LogP contribution in [0.3, 0.4) is 0 Å². The highest BCUT2D eigenvalue weighted by molar-refractivity contribution is 4.47. The van der Waals surface area contributed by atoms with E-state index in [1.165, 1.54) is 7.11 Å². The van der Waals surface area contributed by atoms with Crippen molar-refractivity contribution in [1.29, 1.82) is 0 Å². The van der Waals surface area contributed by atoms with Crippen LogP contribution >= 0.6 is 0 Å². The zero-order valence-electron chi connectivity index (χ0n) is 9.30. The Balaban J connectivity index is 0. The number of hydrogen-bond acceptors (Lipinski definition) is 3. The van der Waals surface area contributed by atoms with Crippen LogP contribution in [-0.2, 0) is 9.47 Å². The number of halogens is 3. The highest BCUT2D eigenvalue weighted by Gasteiger charge is 2.26. The Morgan fingerprint density at radius 1 is 1.13 bits per heavy atom. The van der Waals surface area contributed by atoms with Crippen LogP contribution < -0.4 is 0 Å². The van der Waals surface area contributed by atoms with Gasteiger partial charge in [0.15, 0.2) is 0 Å². The van der Waals surface area contributed by atoms with Crippen molar-refractivity contribution in [2.24, 2.45) is 0 Å². The minimum Gasteiger partial charge on any atom is -0.394 e. The van der Waals surface area contributed by atoms with E-state index in [4.69, 9.17) is 5.11 Å². The average molecular weight is 232 g/mol. The van der Waals surface area contributed by atoms with E-state index >= 15 is 0 Å². The third kappa shape index (κ3) is 31.6. The van der Waals surface area contributed by atoms with Crippen LogP contribution in [-0.4, -0.2) is 44.3 Å². The zero-order valence-corrected chi connectivity index (χ0v) is 9.30. The standard InChI is InChI=1S/C6H11F3O2.C3H8O/c1-10-4-5-11-3-2-6(7,8)9;1-3(2)4/h2-5H2,1H3;3-4H,1-2H3. The number of methoxy groups -OCH3 is 1. The maximum Gasteiger partial charge on any atom is 0.391 e. The summed E-state index contributed by atoms with van der Waals surface area (Å²) in [5.74, 6) is 0. The van der Waals surface area contributed by atoms with Crippen molar-refractivity contribution in [3.05, 3.63) is 0 Å². The van der Waals surface area contributed by atoms with Gasteiger partial charge in [-0.1, -0.05) is 0 Å². The molecule has 94 valence electrons. The molecule has 0 atom stereocenters. The molecule has 1 N–H and O–H groups in total. The molecule has 0 radical (unpaired) electrons. The summed E-state index contributed by atoms with van der Waals surface area (Å²) in [7, 11) is 1.47. The van der Waals surface area contributed by atoms with Gasteiger partial charge in [-0.25, -0.2) is 0 Å². The van der Waals surface area contributed by atoms with Gasteiger partial charge in [0.2, 0.25) is 0 Å². The molecule has 15 heavy (non-hydrogen) atoms. The Hall–Kier alpha value is -0.330. The van der Waals surface area contributed by atoms with Gasteiger partial charge >= 0.3 is 6.18 Å². The predicted molar refractivity (Wildman–Crippen MR) is 50.7 cm³/mol. The molecule has 0 aromatic rings. The van der Waals surface area contributed by atoms with Crippen molar-refractivity contribution in [3.63, 3.8) is 0 Å². The quantitative estimate of drug-likeness (QED) is 0.737. The van der Waals surface area contributed by atoms with E-state index in [0.717, 1.165) is 0 Å². The molecule has 0 aromatic carbocycles. The fourth-order valence-corrected chi connectivity index (χ4v) is 0.432. The van der Waals surface area contributed by atoms with Gasteiger partial charge in [0, 0.05) is 13.2 Å². The Kier molecular flexibility index (Phi) is 11.6. The fraction of sp³-hybridized carbons (Fsp3) is 1.00. The van der Waals surface area contributed by atoms with Crippen molar-refractivity contribution in [1.82, 2.24) is 0 Å². The number of rotatable bonds is 5. The van der Waals surface area contributed by atoms with Gasteiger partial charge in [0.25, 0.3) is 0 Å². The van der Waals surface area contributed by atoms with Crippen LogP contribution in [0.2, 0.25) is 0 Å². The Labute approximate surface area is 88.2 Å². The average Bonchev–Trinajstić information content (AvgIpc) is 2.01. The van der Waals surface area contributed by atoms with Crippen molar-refractivity contribution >= 4 is 0 Å². The van der Waals surface area contributed by atoms with E-state index in [2.05, 4.69) is 9.47 Å². The second-order valence-electron chi connectivity index (χ2n) is 3.06. The monoisotopic (exact) mass is 232 g/mol. The molecule has 0 aliphatic rings. The van der Waals surface area contributed by atoms with Gasteiger partial charge in [0.05, 0.1) is 26.2 Å². The second-order valence-corrected chi connectivity index (χ2v) is 3.06. The molecule has 0 aliphatic heterocycles. The molecule has 0 fully saturated rings. The second kappa shape index (κ2) is 10.2. The first-order valence-electron chi connectivity index (χ1n) is 4.61. The van der Waals surface area contributed by atoms with Crippen LogP contribution in [0.15, 0.2) is 0 Å². The largest absolute Gasteiger partial charge is 0.394 e. The number of aliphatic hydroxyl groups excluding tert-OH is 1. The molecule has 0 unspecified atom stereocenters. The molecule has 0 saturated carbocycles. The summed E-state index contributed by atoms with van der Waals surface area (Å²) in [6, 6.07) is 0. The summed E-state index contributed by atoms with van der Waals surface area (Å²) in [5, 5.41) is 8.06. The molecular formula is C9H19F3O3. The smallest absolute Gasteiger partial charge is 0.391 e. The van der Waals surface area contributed by atoms with Crippen molar-refractivity contribution in [2.75, 3.05) is 26.9 Å². The third-order valence-electron chi connectivity index (χ3n) is 0.962. The summed E-state index contributed by atoms with van der Waals surface area (Å²) < 4.78 is 43.5. The number of hydrogen-bond donors (Lipinski definition) is 1. The van der Waals surface area contributed by atoms with Crippen LogP contribution in [0, 0.1) is 0 Å². The van der Waals surface area contributed by atoms with Gasteiger partial charge in [0.1, 0.15) is 0 Å². The van der Waals surface area contributed by atoms with Gasteiger partial charge in [-0.3, -0.25) is 0 Å². The lowest BCUT2D eigenvalue weighted by Gasteiger charge is -2.06. The molecule has 0 aliphatic carbocycles. The lowest BCUT2D eigenvalue weighted by molar-refractivity contribution is -0.145. The predicted octanol–water partition coefficient (Wildman–Crippen LogP) is 1.99. The van der Waals surface area contributed by atoms with Gasteiger partial charge in [-0.15, -0.1) is 0 Å². The van der Waals surface area contributed by atoms with Crippen LogP contribution in [0.1, 0.15) is 20.3 Å². The Morgan fingerprint density at radius 3 is 1.93 bits per heavy atom. The highest BCUT2D eigenvalue weighted by atomic mass is 19.4. The number of alkyl halides is 3. The lowest BCUT2D eigenvalue weighted by atomic mass is 10.4. The van der Waals surface area contributed by atoms with Crippen molar-refractivity contribution in [2.45, 2.75) is 32.5 Å². The molecular weight excluding hydrogens is 213 g/mol. The number of ether oxygens (including phenoxy) is 2. The summed E-state index contributed by atoms with van der Waals surface area (Å²) in [6.45, 7) is 3.71. The molecule has 0 heterocycles. The normalized spacial score (nSPS) is 11.2. The van der Waals surface area contributed by atoms with E-state index in [1.54, 1.807) is 13.8 Å². The zero-order chi connectivity index (χ0) is 12.3. The van der Waals surface area contributed by atoms with E-state index in [1.807, 2.05) is 0 Å². The molecule has 0 saturated heterocycles. The minimum absolute atomic E-state index is 0.167. The summed E-state index contributed by atoms with van der Waals surface area (Å²) in [4.78, 5) is 0. The van der Waals surface area contributed by atoms with Crippen molar-refractivity contribution < 1.29 is 27.8 Å². The minimum atomic E-state index is -4.12. The fourth-order valence-electron chi connectivity index (χ4n) is 0.432. The third-order valence-corrected chi connectivity index (χ3v) is 0.962. The highest BCUT2D eigenvalue weighted by Crippen LogP contribution is 2.18. The molecule has 0 amide bonds. The van der Waals surface area contributed by atoms with Crippen LogP contribution in [0.4, 0.5) is 13.2 Å². The maximum absolute atomic E-state index is 11.5. The molecule has 0 aromatic heterocycles. The first-order valence-corrected chi connectivity index (χ1v) is 4.61. The van der Waals surface area contributed by atoms with Crippen LogP contribution in [0.5, 0.6) is 0 Å². The maximum atomic E-state index is 11.5. The van der Waals surface area contributed by atoms with Gasteiger partial charge < -0.3 is 14.6 Å². The molecule has 0 spiro atoms. The van der Waals surface area contributed by atoms with Crippen LogP contribution in [0.25, 0.3) is 0 Å². The van der Waals surface area contributed by atoms with Crippen molar-refractivity contribution in [3.8, 4) is 0 Å². The SMILES string of the molecule is CC(C)O.COCCOCCC(F)(F)F. The number of aliphatic hydroxyl groups is 1. The van der Waals surface area contributed by atoms with E-state index in [-0.39, 0.29) is 19.3 Å². The topological polar surface area (TPSA) is 38.7 Å². The molecule has 6 heteroatoms. The summed E-state index contributed by atoms with van der Waals surface area (Å²) in [5.41, 5.74) is 0. The van der Waals surface area contributed by atoms with E-state index < -0.39 is 12.6 Å². The first kappa shape index (κ1) is 17.1. The van der Waals surface area contributed by atoms with Gasteiger partial charge in [-0.05, 0) is 13.8 Å². The van der Waals surface area contributed by atoms with Gasteiger partial charge in [-0.2, -0.15) is 13.2 Å². The summed E-state index contributed by atoms with van der Waals surface area (Å²) >= 11 is 0. The molecule has 0 bridgehead atoms. The lowest BCUT2D eigenvalue weighted by Crippen LogP contribution is -2.13. The summed E-state index contributed by atoms with van der Waals surface area (Å²) in [6.07, 6.45) is -5.18.